The minimum Gasteiger partial charge on any atom is -0.481 e. The monoisotopic (exact) mass is 268 g/mol. The molecule has 0 aromatic rings. The average Bonchev–Trinajstić information content (AvgIpc) is 2.27. The molecule has 1 aliphatic carbocycles. The van der Waals surface area contributed by atoms with Gasteiger partial charge in [-0.05, 0) is 37.5 Å². The zero-order valence-corrected chi connectivity index (χ0v) is 10.1. The summed E-state index contributed by atoms with van der Waals surface area (Å²) in [5, 5.41) is 17.6. The highest BCUT2D eigenvalue weighted by molar-refractivity contribution is 5.66. The van der Waals surface area contributed by atoms with E-state index >= 15 is 0 Å². The maximum absolute atomic E-state index is 12.3. The van der Waals surface area contributed by atoms with Crippen LogP contribution in [0, 0.1) is 11.8 Å². The van der Waals surface area contributed by atoms with Gasteiger partial charge in [-0.1, -0.05) is 12.8 Å². The second-order valence-electron chi connectivity index (χ2n) is 5.05. The maximum atomic E-state index is 12.3. The number of carbonyl (C=O) groups is 1. The fourth-order valence-corrected chi connectivity index (χ4v) is 2.60. The Labute approximate surface area is 104 Å². The molecular weight excluding hydrogens is 249 g/mol. The van der Waals surface area contributed by atoms with Crippen molar-refractivity contribution in [3.05, 3.63) is 0 Å². The lowest BCUT2D eigenvalue weighted by Gasteiger charge is -2.32. The molecule has 1 atom stereocenters. The van der Waals surface area contributed by atoms with E-state index in [9.17, 15) is 18.0 Å². The Balaban J connectivity index is 2.26. The van der Waals surface area contributed by atoms with Crippen LogP contribution in [0.1, 0.15) is 44.9 Å². The van der Waals surface area contributed by atoms with Crippen molar-refractivity contribution >= 4 is 5.97 Å². The molecule has 106 valence electrons. The van der Waals surface area contributed by atoms with Crippen molar-refractivity contribution in [2.75, 3.05) is 0 Å². The van der Waals surface area contributed by atoms with Gasteiger partial charge < -0.3 is 10.2 Å². The number of carboxylic acid groups (broad SMARTS) is 1. The summed E-state index contributed by atoms with van der Waals surface area (Å²) in [5.41, 5.74) is 0. The summed E-state index contributed by atoms with van der Waals surface area (Å²) >= 11 is 0. The van der Waals surface area contributed by atoms with Crippen molar-refractivity contribution < 1.29 is 28.2 Å². The van der Waals surface area contributed by atoms with Crippen LogP contribution in [0.2, 0.25) is 0 Å². The number of aliphatic carboxylic acids is 1. The third-order valence-corrected chi connectivity index (χ3v) is 3.68. The first-order valence-corrected chi connectivity index (χ1v) is 6.27. The molecule has 0 amide bonds. The zero-order valence-electron chi connectivity index (χ0n) is 10.1. The van der Waals surface area contributed by atoms with Crippen LogP contribution < -0.4 is 0 Å². The number of aliphatic hydroxyl groups is 1. The Morgan fingerprint density at radius 2 is 1.78 bits per heavy atom. The van der Waals surface area contributed by atoms with Gasteiger partial charge >= 0.3 is 12.1 Å². The summed E-state index contributed by atoms with van der Waals surface area (Å²) in [5.74, 6) is -1.22. The standard InChI is InChI=1S/C12H19F3O3/c13-12(14,15)11(18)9-6-4-8(5-7-9)2-1-3-10(16)17/h8-9,11,18H,1-7H2,(H,16,17). The number of hydrogen-bond acceptors (Lipinski definition) is 2. The van der Waals surface area contributed by atoms with E-state index < -0.39 is 24.2 Å². The molecule has 1 saturated carbocycles. The van der Waals surface area contributed by atoms with Gasteiger partial charge in [-0.15, -0.1) is 0 Å². The van der Waals surface area contributed by atoms with Crippen molar-refractivity contribution in [2.45, 2.75) is 57.2 Å². The predicted molar refractivity (Wildman–Crippen MR) is 59.0 cm³/mol. The van der Waals surface area contributed by atoms with Crippen LogP contribution in [0.3, 0.4) is 0 Å². The number of hydrogen-bond donors (Lipinski definition) is 2. The lowest BCUT2D eigenvalue weighted by molar-refractivity contribution is -0.222. The van der Waals surface area contributed by atoms with E-state index in [4.69, 9.17) is 10.2 Å². The molecule has 0 radical (unpaired) electrons. The van der Waals surface area contributed by atoms with Gasteiger partial charge in [0.25, 0.3) is 0 Å². The first-order chi connectivity index (χ1) is 8.30. The van der Waals surface area contributed by atoms with Crippen LogP contribution in [0.25, 0.3) is 0 Å². The molecule has 0 aliphatic heterocycles. The Morgan fingerprint density at radius 3 is 2.22 bits per heavy atom. The second-order valence-corrected chi connectivity index (χ2v) is 5.05. The van der Waals surface area contributed by atoms with Gasteiger partial charge in [0.1, 0.15) is 0 Å². The van der Waals surface area contributed by atoms with Gasteiger partial charge in [-0.2, -0.15) is 13.2 Å². The third kappa shape index (κ3) is 4.84. The lowest BCUT2D eigenvalue weighted by atomic mass is 9.77. The van der Waals surface area contributed by atoms with Crippen LogP contribution in [0.5, 0.6) is 0 Å². The molecule has 2 N–H and O–H groups in total. The molecular formula is C12H19F3O3. The van der Waals surface area contributed by atoms with Crippen LogP contribution in [-0.2, 0) is 4.79 Å². The minimum atomic E-state index is -4.53. The summed E-state index contributed by atoms with van der Waals surface area (Å²) in [6, 6.07) is 0. The largest absolute Gasteiger partial charge is 0.481 e. The fraction of sp³-hybridized carbons (Fsp3) is 0.917. The van der Waals surface area contributed by atoms with Gasteiger partial charge in [0.15, 0.2) is 6.10 Å². The summed E-state index contributed by atoms with van der Waals surface area (Å²) in [4.78, 5) is 10.3. The van der Waals surface area contributed by atoms with Crippen molar-refractivity contribution in [1.82, 2.24) is 0 Å². The molecule has 6 heteroatoms. The lowest BCUT2D eigenvalue weighted by Crippen LogP contribution is -2.37. The topological polar surface area (TPSA) is 57.5 Å². The molecule has 0 heterocycles. The Hall–Kier alpha value is -0.780. The molecule has 1 aliphatic rings. The third-order valence-electron chi connectivity index (χ3n) is 3.68. The average molecular weight is 268 g/mol. The van der Waals surface area contributed by atoms with E-state index in [0.29, 0.717) is 38.0 Å². The second kappa shape index (κ2) is 6.41. The van der Waals surface area contributed by atoms with Gasteiger partial charge in [0.2, 0.25) is 0 Å². The van der Waals surface area contributed by atoms with Crippen molar-refractivity contribution in [2.24, 2.45) is 11.8 Å². The quantitative estimate of drug-likeness (QED) is 0.806. The van der Waals surface area contributed by atoms with Crippen molar-refractivity contribution in [3.8, 4) is 0 Å². The van der Waals surface area contributed by atoms with E-state index in [0.717, 1.165) is 6.42 Å². The highest BCUT2D eigenvalue weighted by Gasteiger charge is 2.44. The first kappa shape index (κ1) is 15.3. The van der Waals surface area contributed by atoms with Gasteiger partial charge in [0, 0.05) is 6.42 Å². The molecule has 3 nitrogen and oxygen atoms in total. The van der Waals surface area contributed by atoms with E-state index in [1.54, 1.807) is 0 Å². The molecule has 1 fully saturated rings. The number of rotatable bonds is 5. The highest BCUT2D eigenvalue weighted by Crippen LogP contribution is 2.38. The van der Waals surface area contributed by atoms with Crippen molar-refractivity contribution in [3.63, 3.8) is 0 Å². The van der Waals surface area contributed by atoms with Gasteiger partial charge in [0.05, 0.1) is 0 Å². The summed E-state index contributed by atoms with van der Waals surface area (Å²) in [7, 11) is 0. The molecule has 1 rings (SSSR count). The summed E-state index contributed by atoms with van der Waals surface area (Å²) in [6.07, 6.45) is -3.25. The Kier molecular flexibility index (Phi) is 5.44. The number of halogens is 3. The highest BCUT2D eigenvalue weighted by atomic mass is 19.4. The minimum absolute atomic E-state index is 0.116. The molecule has 0 bridgehead atoms. The smallest absolute Gasteiger partial charge is 0.414 e. The Morgan fingerprint density at radius 1 is 1.22 bits per heavy atom. The first-order valence-electron chi connectivity index (χ1n) is 6.27. The molecule has 0 saturated heterocycles. The van der Waals surface area contributed by atoms with Crippen LogP contribution in [-0.4, -0.2) is 28.5 Å². The number of alkyl halides is 3. The molecule has 1 unspecified atom stereocenters. The van der Waals surface area contributed by atoms with E-state index in [2.05, 4.69) is 0 Å². The van der Waals surface area contributed by atoms with Crippen LogP contribution >= 0.6 is 0 Å². The summed E-state index contributed by atoms with van der Waals surface area (Å²) < 4.78 is 36.9. The van der Waals surface area contributed by atoms with Crippen molar-refractivity contribution in [1.29, 1.82) is 0 Å². The fourth-order valence-electron chi connectivity index (χ4n) is 2.60. The number of carboxylic acids is 1. The normalized spacial score (nSPS) is 26.9. The SMILES string of the molecule is O=C(O)CCCC1CCC(C(O)C(F)(F)F)CC1. The molecule has 0 aromatic carbocycles. The van der Waals surface area contributed by atoms with E-state index in [1.807, 2.05) is 0 Å². The van der Waals surface area contributed by atoms with Crippen LogP contribution in [0.4, 0.5) is 13.2 Å². The van der Waals surface area contributed by atoms with E-state index in [-0.39, 0.29) is 6.42 Å². The molecule has 18 heavy (non-hydrogen) atoms. The molecule has 0 aromatic heterocycles. The Bertz CT molecular complexity index is 270. The maximum Gasteiger partial charge on any atom is 0.414 e. The summed E-state index contributed by atoms with van der Waals surface area (Å²) in [6.45, 7) is 0. The van der Waals surface area contributed by atoms with E-state index in [1.165, 1.54) is 0 Å². The van der Waals surface area contributed by atoms with Crippen LogP contribution in [0.15, 0.2) is 0 Å². The zero-order chi connectivity index (χ0) is 13.8. The number of aliphatic hydroxyl groups excluding tert-OH is 1. The van der Waals surface area contributed by atoms with Gasteiger partial charge in [-0.3, -0.25) is 4.79 Å². The predicted octanol–water partition coefficient (Wildman–Crippen LogP) is 2.97. The van der Waals surface area contributed by atoms with Gasteiger partial charge in [-0.25, -0.2) is 0 Å². The molecule has 0 spiro atoms.